The Morgan fingerprint density at radius 3 is 2.15 bits per heavy atom. The molecule has 0 atom stereocenters. The summed E-state index contributed by atoms with van der Waals surface area (Å²) >= 11 is 3.32. The molecule has 0 saturated heterocycles. The molecule has 6 heteroatoms. The lowest BCUT2D eigenvalue weighted by Gasteiger charge is -2.21. The third-order valence-corrected chi connectivity index (χ3v) is 10.9. The summed E-state index contributed by atoms with van der Waals surface area (Å²) in [5, 5.41) is 22.8. The van der Waals surface area contributed by atoms with Crippen LogP contribution in [0.25, 0.3) is 42.9 Å². The topological polar surface area (TPSA) is 51.8 Å². The molecule has 6 rings (SSSR count). The number of hydrogen-bond donors (Lipinski definition) is 0. The van der Waals surface area contributed by atoms with E-state index in [-0.39, 0.29) is 0 Å². The zero-order chi connectivity index (χ0) is 32.9. The Labute approximate surface area is 286 Å². The third-order valence-electron chi connectivity index (χ3n) is 8.79. The summed E-state index contributed by atoms with van der Waals surface area (Å²) in [4.78, 5) is 3.42. The van der Waals surface area contributed by atoms with Crippen molar-refractivity contribution in [3.05, 3.63) is 112 Å². The van der Waals surface area contributed by atoms with E-state index in [1.165, 1.54) is 27.8 Å². The standard InChI is InChI=1S/C41H40N4S2/c1-6-9-12-30-17-20-36(37-14-11-10-13-35(30)37)32(26-42)23-34-24-38-39(46-34)25-40(47-38)43-44-41-27(4)21-31(22-28(41)5)29-15-18-33(19-16-29)45(7-2)8-3/h10-11,13-25H,6-9,12H2,1-5H3/b32-23+,44-43?. The fourth-order valence-electron chi connectivity index (χ4n) is 6.29. The van der Waals surface area contributed by atoms with Crippen molar-refractivity contribution in [2.75, 3.05) is 18.0 Å². The summed E-state index contributed by atoms with van der Waals surface area (Å²) in [6, 6.07) is 32.8. The monoisotopic (exact) mass is 652 g/mol. The highest BCUT2D eigenvalue weighted by Crippen LogP contribution is 2.41. The van der Waals surface area contributed by atoms with E-state index in [0.29, 0.717) is 5.57 Å². The van der Waals surface area contributed by atoms with Crippen LogP contribution in [-0.4, -0.2) is 13.1 Å². The van der Waals surface area contributed by atoms with E-state index in [0.717, 1.165) is 79.4 Å². The number of fused-ring (bicyclic) bond motifs is 2. The molecule has 0 bridgehead atoms. The number of aryl methyl sites for hydroxylation is 3. The zero-order valence-corrected chi connectivity index (χ0v) is 29.4. The van der Waals surface area contributed by atoms with Crippen molar-refractivity contribution in [3.8, 4) is 17.2 Å². The minimum Gasteiger partial charge on any atom is -0.372 e. The van der Waals surface area contributed by atoms with E-state index in [9.17, 15) is 5.26 Å². The summed E-state index contributed by atoms with van der Waals surface area (Å²) in [5.74, 6) is 0. The lowest BCUT2D eigenvalue weighted by Crippen LogP contribution is -2.21. The van der Waals surface area contributed by atoms with Crippen molar-refractivity contribution in [2.45, 2.75) is 53.9 Å². The van der Waals surface area contributed by atoms with Gasteiger partial charge in [-0.05, 0) is 122 Å². The van der Waals surface area contributed by atoms with Crippen molar-refractivity contribution >= 4 is 70.9 Å². The first-order valence-electron chi connectivity index (χ1n) is 16.5. The van der Waals surface area contributed by atoms with Crippen LogP contribution < -0.4 is 4.90 Å². The molecule has 0 aliphatic carbocycles. The highest BCUT2D eigenvalue weighted by atomic mass is 32.1. The highest BCUT2D eigenvalue weighted by molar-refractivity contribution is 7.30. The Hall–Kier alpha value is -4.57. The number of azo groups is 1. The summed E-state index contributed by atoms with van der Waals surface area (Å²) in [7, 11) is 0. The van der Waals surface area contributed by atoms with Gasteiger partial charge < -0.3 is 4.90 Å². The van der Waals surface area contributed by atoms with Crippen LogP contribution >= 0.6 is 22.7 Å². The Morgan fingerprint density at radius 1 is 0.787 bits per heavy atom. The molecule has 0 saturated carbocycles. The molecule has 4 aromatic carbocycles. The molecule has 2 aromatic heterocycles. The molecule has 6 aromatic rings. The number of thiophene rings is 2. The first kappa shape index (κ1) is 32.4. The quantitative estimate of drug-likeness (QED) is 0.103. The van der Waals surface area contributed by atoms with E-state index in [4.69, 9.17) is 5.11 Å². The Morgan fingerprint density at radius 2 is 1.49 bits per heavy atom. The van der Waals surface area contributed by atoms with Gasteiger partial charge in [0.15, 0.2) is 0 Å². The minimum atomic E-state index is 0.686. The van der Waals surface area contributed by atoms with Crippen LogP contribution in [0.15, 0.2) is 95.2 Å². The molecule has 236 valence electrons. The average molecular weight is 653 g/mol. The molecule has 0 spiro atoms. The normalized spacial score (nSPS) is 12.0. The molecule has 0 aliphatic heterocycles. The lowest BCUT2D eigenvalue weighted by atomic mass is 9.93. The van der Waals surface area contributed by atoms with Gasteiger partial charge in [0, 0.05) is 38.6 Å². The Balaban J connectivity index is 1.22. The second kappa shape index (κ2) is 14.5. The van der Waals surface area contributed by atoms with Gasteiger partial charge in [-0.2, -0.15) is 5.26 Å². The van der Waals surface area contributed by atoms with Crippen molar-refractivity contribution in [3.63, 3.8) is 0 Å². The largest absolute Gasteiger partial charge is 0.372 e. The smallest absolute Gasteiger partial charge is 0.140 e. The second-order valence-electron chi connectivity index (χ2n) is 11.9. The number of benzene rings is 4. The fraction of sp³-hybridized carbons (Fsp3) is 0.244. The van der Waals surface area contributed by atoms with Gasteiger partial charge in [0.1, 0.15) is 5.00 Å². The minimum absolute atomic E-state index is 0.686. The van der Waals surface area contributed by atoms with Crippen LogP contribution in [0.2, 0.25) is 0 Å². The molecule has 0 unspecified atom stereocenters. The maximum absolute atomic E-state index is 10.2. The van der Waals surface area contributed by atoms with Crippen molar-refractivity contribution in [1.29, 1.82) is 5.26 Å². The van der Waals surface area contributed by atoms with Gasteiger partial charge in [-0.15, -0.1) is 32.9 Å². The maximum atomic E-state index is 10.2. The maximum Gasteiger partial charge on any atom is 0.140 e. The molecule has 4 nitrogen and oxygen atoms in total. The van der Waals surface area contributed by atoms with Crippen LogP contribution in [0.5, 0.6) is 0 Å². The van der Waals surface area contributed by atoms with Gasteiger partial charge in [-0.1, -0.05) is 61.9 Å². The van der Waals surface area contributed by atoms with Gasteiger partial charge in [0.2, 0.25) is 0 Å². The van der Waals surface area contributed by atoms with Gasteiger partial charge in [-0.3, -0.25) is 0 Å². The molecule has 0 radical (unpaired) electrons. The molecule has 0 fully saturated rings. The van der Waals surface area contributed by atoms with Crippen LogP contribution in [0.1, 0.15) is 60.7 Å². The van der Waals surface area contributed by atoms with E-state index >= 15 is 0 Å². The number of unbranched alkanes of at least 4 members (excludes halogenated alkanes) is 1. The zero-order valence-electron chi connectivity index (χ0n) is 27.8. The third kappa shape index (κ3) is 6.93. The fourth-order valence-corrected chi connectivity index (χ4v) is 8.46. The van der Waals surface area contributed by atoms with E-state index in [1.54, 1.807) is 22.7 Å². The lowest BCUT2D eigenvalue weighted by molar-refractivity contribution is 0.799. The molecule has 2 heterocycles. The highest BCUT2D eigenvalue weighted by Gasteiger charge is 2.13. The predicted molar refractivity (Wildman–Crippen MR) is 205 cm³/mol. The van der Waals surface area contributed by atoms with Crippen molar-refractivity contribution in [1.82, 2.24) is 0 Å². The molecule has 47 heavy (non-hydrogen) atoms. The van der Waals surface area contributed by atoms with Crippen LogP contribution in [0.3, 0.4) is 0 Å². The van der Waals surface area contributed by atoms with Crippen LogP contribution in [-0.2, 0) is 6.42 Å². The van der Waals surface area contributed by atoms with Crippen molar-refractivity contribution in [2.24, 2.45) is 10.2 Å². The summed E-state index contributed by atoms with van der Waals surface area (Å²) in [6.45, 7) is 12.8. The summed E-state index contributed by atoms with van der Waals surface area (Å²) < 4.78 is 2.31. The average Bonchev–Trinajstić information content (AvgIpc) is 3.65. The van der Waals surface area contributed by atoms with E-state index in [2.05, 4.69) is 136 Å². The first-order chi connectivity index (χ1) is 22.9. The molecule has 0 amide bonds. The molecular weight excluding hydrogens is 613 g/mol. The molecular formula is C41H40N4S2. The number of nitrogens with zero attached hydrogens (tertiary/aromatic N) is 4. The van der Waals surface area contributed by atoms with E-state index < -0.39 is 0 Å². The number of anilines is 1. The molecule has 0 N–H and O–H groups in total. The van der Waals surface area contributed by atoms with Gasteiger partial charge in [0.25, 0.3) is 0 Å². The summed E-state index contributed by atoms with van der Waals surface area (Å²) in [5.41, 5.74) is 9.81. The van der Waals surface area contributed by atoms with Crippen LogP contribution in [0, 0.1) is 25.2 Å². The molecule has 0 aliphatic rings. The van der Waals surface area contributed by atoms with Gasteiger partial charge in [-0.25, -0.2) is 0 Å². The van der Waals surface area contributed by atoms with Crippen LogP contribution in [0.4, 0.5) is 16.4 Å². The predicted octanol–water partition coefficient (Wildman–Crippen LogP) is 13.1. The first-order valence-corrected chi connectivity index (χ1v) is 18.1. The SMILES string of the molecule is CCCCc1ccc(/C(C#N)=C/c2cc3sc(N=Nc4c(C)cc(-c5ccc(N(CC)CC)cc5)cc4C)cc3s2)c2ccccc12. The van der Waals surface area contributed by atoms with Gasteiger partial charge >= 0.3 is 0 Å². The van der Waals surface area contributed by atoms with Crippen molar-refractivity contribution < 1.29 is 0 Å². The number of rotatable bonds is 11. The van der Waals surface area contributed by atoms with Gasteiger partial charge in [0.05, 0.1) is 17.3 Å². The Kier molecular flexibility index (Phi) is 9.96. The number of hydrogen-bond acceptors (Lipinski definition) is 6. The number of nitriles is 1. The second-order valence-corrected chi connectivity index (χ2v) is 14.1. The Bertz CT molecular complexity index is 2080. The van der Waals surface area contributed by atoms with E-state index in [1.807, 2.05) is 6.08 Å². The summed E-state index contributed by atoms with van der Waals surface area (Å²) in [6.07, 6.45) is 5.41. The number of allylic oxidation sites excluding steroid dienone is 1.